The van der Waals surface area contributed by atoms with Gasteiger partial charge in [0.05, 0.1) is 4.90 Å². The SMILES string of the molecule is O=C(Nc1cccc(O)c1)C1CCN(S(=O)(=O)c2ccc(Cl)cc2)CC1. The molecule has 0 radical (unpaired) electrons. The number of carbonyl (C=O) groups is 1. The van der Waals surface area contributed by atoms with Gasteiger partial charge in [0.2, 0.25) is 15.9 Å². The first-order valence-corrected chi connectivity index (χ1v) is 10.0. The molecule has 0 aromatic heterocycles. The number of carbonyl (C=O) groups excluding carboxylic acids is 1. The molecule has 0 bridgehead atoms. The summed E-state index contributed by atoms with van der Waals surface area (Å²) in [6.07, 6.45) is 0.884. The normalized spacial score (nSPS) is 16.3. The van der Waals surface area contributed by atoms with Crippen LogP contribution in [0.15, 0.2) is 53.4 Å². The highest BCUT2D eigenvalue weighted by molar-refractivity contribution is 7.89. The van der Waals surface area contributed by atoms with Crippen molar-refractivity contribution in [1.29, 1.82) is 0 Å². The molecule has 138 valence electrons. The average Bonchev–Trinajstić information content (AvgIpc) is 2.62. The first kappa shape index (κ1) is 18.7. The highest BCUT2D eigenvalue weighted by Gasteiger charge is 2.32. The number of hydrogen-bond donors (Lipinski definition) is 2. The second-order valence-electron chi connectivity index (χ2n) is 6.17. The second-order valence-corrected chi connectivity index (χ2v) is 8.55. The van der Waals surface area contributed by atoms with Gasteiger partial charge in [0.15, 0.2) is 0 Å². The van der Waals surface area contributed by atoms with E-state index in [1.807, 2.05) is 0 Å². The lowest BCUT2D eigenvalue weighted by Crippen LogP contribution is -2.41. The molecule has 8 heteroatoms. The quantitative estimate of drug-likeness (QED) is 0.834. The summed E-state index contributed by atoms with van der Waals surface area (Å²) in [5, 5.41) is 12.7. The van der Waals surface area contributed by atoms with Crippen LogP contribution in [-0.4, -0.2) is 36.8 Å². The van der Waals surface area contributed by atoms with Crippen molar-refractivity contribution in [3.63, 3.8) is 0 Å². The minimum atomic E-state index is -3.58. The number of anilines is 1. The van der Waals surface area contributed by atoms with Gasteiger partial charge in [0.25, 0.3) is 0 Å². The molecule has 0 atom stereocenters. The molecule has 0 aliphatic carbocycles. The van der Waals surface area contributed by atoms with Gasteiger partial charge < -0.3 is 10.4 Å². The molecule has 6 nitrogen and oxygen atoms in total. The molecule has 0 unspecified atom stereocenters. The number of piperidine rings is 1. The Labute approximate surface area is 157 Å². The van der Waals surface area contributed by atoms with Crippen molar-refractivity contribution in [2.24, 2.45) is 5.92 Å². The van der Waals surface area contributed by atoms with E-state index in [2.05, 4.69) is 5.32 Å². The van der Waals surface area contributed by atoms with E-state index in [0.717, 1.165) is 0 Å². The Hall–Kier alpha value is -2.09. The topological polar surface area (TPSA) is 86.7 Å². The number of sulfonamides is 1. The molecule has 2 N–H and O–H groups in total. The monoisotopic (exact) mass is 394 g/mol. The number of amides is 1. The summed E-state index contributed by atoms with van der Waals surface area (Å²) in [5.41, 5.74) is 0.520. The Kier molecular flexibility index (Phi) is 5.50. The smallest absolute Gasteiger partial charge is 0.243 e. The van der Waals surface area contributed by atoms with Crippen molar-refractivity contribution < 1.29 is 18.3 Å². The molecular formula is C18H19ClN2O4S. The van der Waals surface area contributed by atoms with Crippen LogP contribution in [0, 0.1) is 5.92 Å². The van der Waals surface area contributed by atoms with E-state index in [1.54, 1.807) is 24.3 Å². The summed E-state index contributed by atoms with van der Waals surface area (Å²) in [4.78, 5) is 12.6. The van der Waals surface area contributed by atoms with E-state index in [-0.39, 0.29) is 35.6 Å². The van der Waals surface area contributed by atoms with Crippen LogP contribution < -0.4 is 5.32 Å². The maximum absolute atomic E-state index is 12.7. The lowest BCUT2D eigenvalue weighted by Gasteiger charge is -2.30. The molecule has 26 heavy (non-hydrogen) atoms. The van der Waals surface area contributed by atoms with Crippen molar-refractivity contribution in [2.75, 3.05) is 18.4 Å². The number of phenols is 1. The zero-order valence-corrected chi connectivity index (χ0v) is 15.5. The van der Waals surface area contributed by atoms with Gasteiger partial charge in [0.1, 0.15) is 5.75 Å². The molecule has 1 heterocycles. The van der Waals surface area contributed by atoms with Crippen LogP contribution in [0.25, 0.3) is 0 Å². The number of hydrogen-bond acceptors (Lipinski definition) is 4. The molecule has 1 saturated heterocycles. The van der Waals surface area contributed by atoms with Gasteiger partial charge >= 0.3 is 0 Å². The van der Waals surface area contributed by atoms with Crippen LogP contribution in [0.4, 0.5) is 5.69 Å². The number of nitrogens with one attached hydrogen (secondary N) is 1. The van der Waals surface area contributed by atoms with E-state index < -0.39 is 10.0 Å². The number of rotatable bonds is 4. The van der Waals surface area contributed by atoms with Crippen LogP contribution in [0.5, 0.6) is 5.75 Å². The van der Waals surface area contributed by atoms with Crippen LogP contribution >= 0.6 is 11.6 Å². The molecule has 1 fully saturated rings. The molecule has 1 aliphatic heterocycles. The largest absolute Gasteiger partial charge is 0.508 e. The Morgan fingerprint density at radius 1 is 1.12 bits per heavy atom. The van der Waals surface area contributed by atoms with Gasteiger partial charge in [0, 0.05) is 35.8 Å². The molecular weight excluding hydrogens is 376 g/mol. The maximum Gasteiger partial charge on any atom is 0.243 e. The van der Waals surface area contributed by atoms with E-state index in [0.29, 0.717) is 23.6 Å². The second kappa shape index (κ2) is 7.65. The Morgan fingerprint density at radius 2 is 1.77 bits per heavy atom. The van der Waals surface area contributed by atoms with Crippen molar-refractivity contribution in [3.8, 4) is 5.75 Å². The zero-order chi connectivity index (χ0) is 18.7. The molecule has 0 saturated carbocycles. The summed E-state index contributed by atoms with van der Waals surface area (Å²) in [7, 11) is -3.58. The zero-order valence-electron chi connectivity index (χ0n) is 13.9. The third-order valence-corrected chi connectivity index (χ3v) is 6.55. The molecule has 2 aromatic rings. The number of halogens is 1. The summed E-state index contributed by atoms with van der Waals surface area (Å²) in [6, 6.07) is 12.4. The van der Waals surface area contributed by atoms with Crippen molar-refractivity contribution in [1.82, 2.24) is 4.31 Å². The summed E-state index contributed by atoms with van der Waals surface area (Å²) >= 11 is 5.81. The Morgan fingerprint density at radius 3 is 2.38 bits per heavy atom. The summed E-state index contributed by atoms with van der Waals surface area (Å²) < 4.78 is 26.7. The number of nitrogens with zero attached hydrogens (tertiary/aromatic N) is 1. The van der Waals surface area contributed by atoms with Crippen LogP contribution in [0.2, 0.25) is 5.02 Å². The fourth-order valence-electron chi connectivity index (χ4n) is 2.94. The number of phenolic OH excluding ortho intramolecular Hbond substituents is 1. The average molecular weight is 395 g/mol. The van der Waals surface area contributed by atoms with E-state index in [4.69, 9.17) is 11.6 Å². The lowest BCUT2D eigenvalue weighted by atomic mass is 9.97. The predicted molar refractivity (Wildman–Crippen MR) is 99.7 cm³/mol. The Balaban J connectivity index is 1.61. The fourth-order valence-corrected chi connectivity index (χ4v) is 4.54. The molecule has 1 aliphatic rings. The van der Waals surface area contributed by atoms with Crippen LogP contribution in [-0.2, 0) is 14.8 Å². The molecule has 1 amide bonds. The summed E-state index contributed by atoms with van der Waals surface area (Å²) in [5.74, 6) is -0.361. The Bertz CT molecular complexity index is 892. The molecule has 3 rings (SSSR count). The number of aromatic hydroxyl groups is 1. The predicted octanol–water partition coefficient (Wildman–Crippen LogP) is 3.09. The minimum Gasteiger partial charge on any atom is -0.508 e. The van der Waals surface area contributed by atoms with Gasteiger partial charge in [-0.3, -0.25) is 4.79 Å². The van der Waals surface area contributed by atoms with Crippen molar-refractivity contribution in [3.05, 3.63) is 53.6 Å². The van der Waals surface area contributed by atoms with E-state index in [1.165, 1.54) is 28.6 Å². The van der Waals surface area contributed by atoms with E-state index >= 15 is 0 Å². The molecule has 2 aromatic carbocycles. The lowest BCUT2D eigenvalue weighted by molar-refractivity contribution is -0.120. The number of benzene rings is 2. The maximum atomic E-state index is 12.7. The van der Waals surface area contributed by atoms with Gasteiger partial charge in [-0.25, -0.2) is 8.42 Å². The highest BCUT2D eigenvalue weighted by Crippen LogP contribution is 2.26. The van der Waals surface area contributed by atoms with Gasteiger partial charge in [-0.05, 0) is 49.2 Å². The first-order chi connectivity index (χ1) is 12.4. The first-order valence-electron chi connectivity index (χ1n) is 8.22. The van der Waals surface area contributed by atoms with Crippen LogP contribution in [0.1, 0.15) is 12.8 Å². The van der Waals surface area contributed by atoms with E-state index in [9.17, 15) is 18.3 Å². The highest BCUT2D eigenvalue weighted by atomic mass is 35.5. The fraction of sp³-hybridized carbons (Fsp3) is 0.278. The van der Waals surface area contributed by atoms with Crippen molar-refractivity contribution >= 4 is 33.2 Å². The standard InChI is InChI=1S/C18H19ClN2O4S/c19-14-4-6-17(7-5-14)26(24,25)21-10-8-13(9-11-21)18(23)20-15-2-1-3-16(22)12-15/h1-7,12-13,22H,8-11H2,(H,20,23). The van der Waals surface area contributed by atoms with Gasteiger partial charge in [-0.15, -0.1) is 0 Å². The molecule has 0 spiro atoms. The summed E-state index contributed by atoms with van der Waals surface area (Å²) in [6.45, 7) is 0.562. The third-order valence-electron chi connectivity index (χ3n) is 4.39. The third kappa shape index (κ3) is 4.17. The van der Waals surface area contributed by atoms with Crippen LogP contribution in [0.3, 0.4) is 0 Å². The minimum absolute atomic E-state index is 0.0756. The van der Waals surface area contributed by atoms with Gasteiger partial charge in [-0.2, -0.15) is 4.31 Å². The van der Waals surface area contributed by atoms with Crippen molar-refractivity contribution in [2.45, 2.75) is 17.7 Å². The van der Waals surface area contributed by atoms with Gasteiger partial charge in [-0.1, -0.05) is 17.7 Å².